The highest BCUT2D eigenvalue weighted by molar-refractivity contribution is 7.90. The molecule has 0 unspecified atom stereocenters. The van der Waals surface area contributed by atoms with Crippen LogP contribution in [0.2, 0.25) is 0 Å². The van der Waals surface area contributed by atoms with Gasteiger partial charge < -0.3 is 10.1 Å². The highest BCUT2D eigenvalue weighted by Gasteiger charge is 2.24. The molecular weight excluding hydrogens is 368 g/mol. The molecule has 1 atom stereocenters. The summed E-state index contributed by atoms with van der Waals surface area (Å²) in [5, 5.41) is 2.16. The molecule has 0 aliphatic heterocycles. The van der Waals surface area contributed by atoms with Crippen LogP contribution in [0.3, 0.4) is 0 Å². The number of benzene rings is 2. The van der Waals surface area contributed by atoms with E-state index in [-0.39, 0.29) is 16.1 Å². The molecule has 26 heavy (non-hydrogen) atoms. The summed E-state index contributed by atoms with van der Waals surface area (Å²) in [5.74, 6) is -3.68. The van der Waals surface area contributed by atoms with Gasteiger partial charge in [-0.2, -0.15) is 0 Å². The Hall–Kier alpha value is -2.81. The van der Waals surface area contributed by atoms with Gasteiger partial charge in [0.2, 0.25) is 0 Å². The zero-order valence-corrected chi connectivity index (χ0v) is 14.6. The maximum Gasteiger partial charge on any atom is 0.340 e. The van der Waals surface area contributed by atoms with E-state index >= 15 is 0 Å². The number of sulfone groups is 1. The largest absolute Gasteiger partial charge is 0.449 e. The van der Waals surface area contributed by atoms with Crippen LogP contribution in [-0.2, 0) is 19.4 Å². The monoisotopic (exact) mass is 383 g/mol. The van der Waals surface area contributed by atoms with Crippen molar-refractivity contribution in [3.8, 4) is 0 Å². The fourth-order valence-corrected chi connectivity index (χ4v) is 2.94. The third kappa shape index (κ3) is 4.63. The second-order valence-corrected chi connectivity index (χ2v) is 7.41. The van der Waals surface area contributed by atoms with E-state index in [4.69, 9.17) is 4.74 Å². The molecule has 0 radical (unpaired) electrons. The molecule has 2 rings (SSSR count). The number of anilines is 1. The zero-order valence-electron chi connectivity index (χ0n) is 13.8. The second kappa shape index (κ2) is 7.61. The van der Waals surface area contributed by atoms with Crippen LogP contribution in [0, 0.1) is 11.6 Å². The summed E-state index contributed by atoms with van der Waals surface area (Å²) in [6.45, 7) is 1.23. The number of rotatable bonds is 5. The summed E-state index contributed by atoms with van der Waals surface area (Å²) in [5.41, 5.74) is -0.501. The van der Waals surface area contributed by atoms with Crippen molar-refractivity contribution >= 4 is 27.4 Å². The first kappa shape index (κ1) is 19.5. The van der Waals surface area contributed by atoms with E-state index < -0.39 is 39.5 Å². The lowest BCUT2D eigenvalue weighted by Crippen LogP contribution is -2.30. The Bertz CT molecular complexity index is 959. The SMILES string of the molecule is C[C@H](OC(=O)c1ccccc1S(C)(=O)=O)C(=O)Nc1ccc(F)cc1F. The van der Waals surface area contributed by atoms with E-state index in [1.807, 2.05) is 0 Å². The zero-order chi connectivity index (χ0) is 19.5. The smallest absolute Gasteiger partial charge is 0.340 e. The van der Waals surface area contributed by atoms with E-state index in [0.717, 1.165) is 18.4 Å². The van der Waals surface area contributed by atoms with Crippen LogP contribution >= 0.6 is 0 Å². The molecule has 0 saturated carbocycles. The number of halogens is 2. The number of ether oxygens (including phenoxy) is 1. The molecule has 0 aliphatic carbocycles. The molecule has 6 nitrogen and oxygen atoms in total. The van der Waals surface area contributed by atoms with Gasteiger partial charge >= 0.3 is 5.97 Å². The number of carbonyl (C=O) groups is 2. The Labute approximate surface area is 148 Å². The number of hydrogen-bond acceptors (Lipinski definition) is 5. The molecule has 0 aliphatic rings. The van der Waals surface area contributed by atoms with Crippen LogP contribution in [0.4, 0.5) is 14.5 Å². The van der Waals surface area contributed by atoms with E-state index in [2.05, 4.69) is 5.32 Å². The quantitative estimate of drug-likeness (QED) is 0.802. The topological polar surface area (TPSA) is 89.5 Å². The Morgan fingerprint density at radius 2 is 1.77 bits per heavy atom. The fourth-order valence-electron chi connectivity index (χ4n) is 2.06. The third-order valence-electron chi connectivity index (χ3n) is 3.35. The predicted molar refractivity (Wildman–Crippen MR) is 89.4 cm³/mol. The number of nitrogens with one attached hydrogen (secondary N) is 1. The Morgan fingerprint density at radius 1 is 1.12 bits per heavy atom. The van der Waals surface area contributed by atoms with Crippen molar-refractivity contribution in [2.24, 2.45) is 0 Å². The standard InChI is InChI=1S/C17H15F2NO5S/c1-10(16(21)20-14-8-7-11(18)9-13(14)19)25-17(22)12-5-3-4-6-15(12)26(2,23)24/h3-10H,1-2H3,(H,20,21)/t10-/m0/s1. The summed E-state index contributed by atoms with van der Waals surface area (Å²) >= 11 is 0. The number of carbonyl (C=O) groups excluding carboxylic acids is 2. The molecule has 0 fully saturated rings. The van der Waals surface area contributed by atoms with E-state index in [9.17, 15) is 26.8 Å². The normalized spacial score (nSPS) is 12.3. The van der Waals surface area contributed by atoms with Gasteiger partial charge in [-0.15, -0.1) is 0 Å². The highest BCUT2D eigenvalue weighted by Crippen LogP contribution is 2.18. The van der Waals surface area contributed by atoms with Gasteiger partial charge in [-0.3, -0.25) is 4.79 Å². The van der Waals surface area contributed by atoms with Crippen LogP contribution in [-0.4, -0.2) is 32.7 Å². The predicted octanol–water partition coefficient (Wildman–Crippen LogP) is 2.55. The first-order chi connectivity index (χ1) is 12.1. The number of esters is 1. The molecule has 9 heteroatoms. The van der Waals surface area contributed by atoms with Crippen molar-refractivity contribution in [2.45, 2.75) is 17.9 Å². The van der Waals surface area contributed by atoms with Gasteiger partial charge in [-0.05, 0) is 31.2 Å². The van der Waals surface area contributed by atoms with E-state index in [1.54, 1.807) is 0 Å². The minimum atomic E-state index is -3.68. The molecule has 1 amide bonds. The van der Waals surface area contributed by atoms with Gasteiger partial charge in [0.15, 0.2) is 15.9 Å². The van der Waals surface area contributed by atoms with Crippen LogP contribution in [0.15, 0.2) is 47.4 Å². The molecule has 0 saturated heterocycles. The molecule has 1 N–H and O–H groups in total. The Morgan fingerprint density at radius 3 is 2.38 bits per heavy atom. The minimum absolute atomic E-state index is 0.220. The van der Waals surface area contributed by atoms with Crippen LogP contribution in [0.25, 0.3) is 0 Å². The van der Waals surface area contributed by atoms with E-state index in [0.29, 0.717) is 6.07 Å². The second-order valence-electron chi connectivity index (χ2n) is 5.43. The highest BCUT2D eigenvalue weighted by atomic mass is 32.2. The van der Waals surface area contributed by atoms with E-state index in [1.165, 1.54) is 31.2 Å². The van der Waals surface area contributed by atoms with Crippen molar-refractivity contribution in [3.05, 3.63) is 59.7 Å². The molecule has 0 aromatic heterocycles. The van der Waals surface area contributed by atoms with Gasteiger partial charge in [0.05, 0.1) is 16.1 Å². The lowest BCUT2D eigenvalue weighted by molar-refractivity contribution is -0.123. The average Bonchev–Trinajstić information content (AvgIpc) is 2.56. The summed E-state index contributed by atoms with van der Waals surface area (Å²) in [7, 11) is -3.68. The van der Waals surface area contributed by atoms with Gasteiger partial charge in [-0.1, -0.05) is 12.1 Å². The Balaban J connectivity index is 2.13. The summed E-state index contributed by atoms with van der Waals surface area (Å²) in [6.07, 6.45) is -0.411. The third-order valence-corrected chi connectivity index (χ3v) is 4.50. The first-order valence-corrected chi connectivity index (χ1v) is 9.24. The molecule has 2 aromatic carbocycles. The lowest BCUT2D eigenvalue weighted by Gasteiger charge is -2.15. The Kier molecular flexibility index (Phi) is 5.71. The van der Waals surface area contributed by atoms with Crippen LogP contribution in [0.5, 0.6) is 0 Å². The van der Waals surface area contributed by atoms with Gasteiger partial charge in [0.25, 0.3) is 5.91 Å². The van der Waals surface area contributed by atoms with Crippen molar-refractivity contribution in [1.82, 2.24) is 0 Å². The lowest BCUT2D eigenvalue weighted by atomic mass is 10.2. The van der Waals surface area contributed by atoms with Gasteiger partial charge in [0, 0.05) is 12.3 Å². The molecule has 0 spiro atoms. The summed E-state index contributed by atoms with van der Waals surface area (Å²) in [6, 6.07) is 7.96. The summed E-state index contributed by atoms with van der Waals surface area (Å²) < 4.78 is 54.8. The minimum Gasteiger partial charge on any atom is -0.449 e. The molecule has 0 bridgehead atoms. The van der Waals surface area contributed by atoms with Crippen molar-refractivity contribution in [3.63, 3.8) is 0 Å². The number of amides is 1. The average molecular weight is 383 g/mol. The maximum absolute atomic E-state index is 13.6. The van der Waals surface area contributed by atoms with Gasteiger partial charge in [0.1, 0.15) is 11.6 Å². The van der Waals surface area contributed by atoms with Crippen molar-refractivity contribution in [1.29, 1.82) is 0 Å². The number of hydrogen-bond donors (Lipinski definition) is 1. The summed E-state index contributed by atoms with van der Waals surface area (Å²) in [4.78, 5) is 24.0. The van der Waals surface area contributed by atoms with Crippen molar-refractivity contribution in [2.75, 3.05) is 11.6 Å². The van der Waals surface area contributed by atoms with Crippen molar-refractivity contribution < 1.29 is 31.5 Å². The first-order valence-electron chi connectivity index (χ1n) is 7.35. The molecule has 2 aromatic rings. The van der Waals surface area contributed by atoms with Crippen LogP contribution in [0.1, 0.15) is 17.3 Å². The molecule has 138 valence electrons. The van der Waals surface area contributed by atoms with Crippen LogP contribution < -0.4 is 5.32 Å². The molecule has 0 heterocycles. The maximum atomic E-state index is 13.6. The fraction of sp³-hybridized carbons (Fsp3) is 0.176. The molecular formula is C17H15F2NO5S. The van der Waals surface area contributed by atoms with Gasteiger partial charge in [-0.25, -0.2) is 22.0 Å².